The molecule has 1 N–H and O–H groups in total. The number of nitrogens with one attached hydrogen (secondary N) is 1. The number of nitrogens with zero attached hydrogens (tertiary/aromatic N) is 5. The molecule has 1 aliphatic heterocycles. The Balaban J connectivity index is 1.40. The Morgan fingerprint density at radius 3 is 2.79 bits per heavy atom. The highest BCUT2D eigenvalue weighted by molar-refractivity contribution is 6.31. The number of anilines is 3. The zero-order valence-electron chi connectivity index (χ0n) is 18.5. The lowest BCUT2D eigenvalue weighted by Crippen LogP contribution is -2.34. The van der Waals surface area contributed by atoms with Gasteiger partial charge in [0.1, 0.15) is 19.1 Å². The summed E-state index contributed by atoms with van der Waals surface area (Å²) in [6, 6.07) is 9.59. The number of ether oxygens (including phenoxy) is 1. The van der Waals surface area contributed by atoms with Gasteiger partial charge >= 0.3 is 0 Å². The number of alkyl halides is 1. The summed E-state index contributed by atoms with van der Waals surface area (Å²) >= 11 is 6.40. The van der Waals surface area contributed by atoms with E-state index >= 15 is 0 Å². The normalized spacial score (nSPS) is 15.1. The maximum atomic E-state index is 14.7. The van der Waals surface area contributed by atoms with E-state index in [4.69, 9.17) is 16.3 Å². The second kappa shape index (κ2) is 8.90. The van der Waals surface area contributed by atoms with E-state index in [1.54, 1.807) is 53.6 Å². The Labute approximate surface area is 200 Å². The van der Waals surface area contributed by atoms with E-state index in [1.807, 2.05) is 18.9 Å². The molecule has 0 spiro atoms. The molecule has 5 rings (SSSR count). The summed E-state index contributed by atoms with van der Waals surface area (Å²) in [6.45, 7) is 1.58. The number of halogens is 3. The minimum absolute atomic E-state index is 0.260. The number of imidazole rings is 1. The molecule has 174 valence electrons. The quantitative estimate of drug-likeness (QED) is 0.402. The van der Waals surface area contributed by atoms with Crippen LogP contribution in [0.15, 0.2) is 55.1 Å². The summed E-state index contributed by atoms with van der Waals surface area (Å²) in [7, 11) is 1.86. The summed E-state index contributed by atoms with van der Waals surface area (Å²) in [4.78, 5) is 14.9. The minimum Gasteiger partial charge on any atom is -0.486 e. The number of aromatic nitrogens is 4. The third kappa shape index (κ3) is 4.14. The van der Waals surface area contributed by atoms with Crippen LogP contribution in [0.25, 0.3) is 5.69 Å². The molecule has 7 nitrogen and oxygen atoms in total. The molecule has 0 saturated heterocycles. The molecule has 1 unspecified atom stereocenters. The van der Waals surface area contributed by atoms with Crippen molar-refractivity contribution in [3.05, 3.63) is 82.8 Å². The Morgan fingerprint density at radius 2 is 2.06 bits per heavy atom. The maximum Gasteiger partial charge on any atom is 0.229 e. The van der Waals surface area contributed by atoms with Gasteiger partial charge in [-0.2, -0.15) is 4.98 Å². The molecule has 0 saturated carbocycles. The van der Waals surface area contributed by atoms with Gasteiger partial charge in [0.05, 0.1) is 29.9 Å². The molecule has 1 atom stereocenters. The van der Waals surface area contributed by atoms with Crippen LogP contribution in [-0.4, -0.2) is 33.2 Å². The average Bonchev–Trinajstić information content (AvgIpc) is 3.26. The van der Waals surface area contributed by atoms with Crippen LogP contribution in [-0.2, 0) is 6.67 Å². The van der Waals surface area contributed by atoms with Crippen LogP contribution in [0.3, 0.4) is 0 Å². The molecule has 34 heavy (non-hydrogen) atoms. The number of fused-ring (bicyclic) bond motifs is 1. The second-order valence-electron chi connectivity index (χ2n) is 8.02. The first kappa shape index (κ1) is 22.1. The average molecular weight is 483 g/mol. The highest BCUT2D eigenvalue weighted by atomic mass is 35.5. The molecule has 0 amide bonds. The summed E-state index contributed by atoms with van der Waals surface area (Å²) in [5.41, 5.74) is 2.98. The Kier molecular flexibility index (Phi) is 5.79. The highest BCUT2D eigenvalue weighted by Crippen LogP contribution is 2.39. The van der Waals surface area contributed by atoms with Crippen LogP contribution in [0.4, 0.5) is 26.2 Å². The van der Waals surface area contributed by atoms with Crippen molar-refractivity contribution in [3.8, 4) is 11.4 Å². The summed E-state index contributed by atoms with van der Waals surface area (Å²) in [6.07, 6.45) is 4.88. The molecule has 2 aromatic carbocycles. The predicted octanol–water partition coefficient (Wildman–Crippen LogP) is 5.55. The first-order valence-electron chi connectivity index (χ1n) is 10.6. The lowest BCUT2D eigenvalue weighted by atomic mass is 10.0. The fourth-order valence-electron chi connectivity index (χ4n) is 3.91. The lowest BCUT2D eigenvalue weighted by Gasteiger charge is -2.35. The largest absolute Gasteiger partial charge is 0.486 e. The Hall–Kier alpha value is -3.72. The molecule has 10 heteroatoms. The standard InChI is InChI=1S/C24H21ClF2N6O/c1-14-11-33(13-29-14)20-6-4-16(8-19(20)27)30-24-28-10-22-23(31-24)32(2)21(12-34-22)17-7-15(9-26)3-5-18(17)25/h3-8,10-11,13,21H,9,12H2,1-2H3,(H,28,30,31). The van der Waals surface area contributed by atoms with Crippen LogP contribution in [0.2, 0.25) is 5.02 Å². The van der Waals surface area contributed by atoms with Crippen molar-refractivity contribution in [3.63, 3.8) is 0 Å². The number of benzene rings is 2. The topological polar surface area (TPSA) is 68.1 Å². The molecule has 0 radical (unpaired) electrons. The molecule has 1 aliphatic rings. The van der Waals surface area contributed by atoms with Gasteiger partial charge in [-0.15, -0.1) is 0 Å². The molecule has 0 bridgehead atoms. The van der Waals surface area contributed by atoms with Crippen molar-refractivity contribution < 1.29 is 13.5 Å². The zero-order chi connectivity index (χ0) is 23.8. The predicted molar refractivity (Wildman–Crippen MR) is 126 cm³/mol. The number of aryl methyl sites for hydroxylation is 1. The van der Waals surface area contributed by atoms with Crippen LogP contribution in [0, 0.1) is 12.7 Å². The van der Waals surface area contributed by atoms with Gasteiger partial charge < -0.3 is 19.5 Å². The van der Waals surface area contributed by atoms with Crippen LogP contribution < -0.4 is 15.0 Å². The molecule has 2 aromatic heterocycles. The first-order valence-corrected chi connectivity index (χ1v) is 10.9. The Bertz CT molecular complexity index is 1360. The molecule has 4 aromatic rings. The molecular formula is C24H21ClF2N6O. The highest BCUT2D eigenvalue weighted by Gasteiger charge is 2.30. The minimum atomic E-state index is -0.579. The van der Waals surface area contributed by atoms with Crippen LogP contribution in [0.1, 0.15) is 22.9 Å². The third-order valence-electron chi connectivity index (χ3n) is 5.70. The van der Waals surface area contributed by atoms with E-state index in [1.165, 1.54) is 6.07 Å². The number of hydrogen-bond donors (Lipinski definition) is 1. The van der Waals surface area contributed by atoms with Crippen molar-refractivity contribution >= 4 is 29.1 Å². The van der Waals surface area contributed by atoms with Crippen molar-refractivity contribution in [1.29, 1.82) is 0 Å². The van der Waals surface area contributed by atoms with Crippen LogP contribution >= 0.6 is 11.6 Å². The fraction of sp³-hybridized carbons (Fsp3) is 0.208. The number of hydrogen-bond acceptors (Lipinski definition) is 6. The summed E-state index contributed by atoms with van der Waals surface area (Å²) in [5, 5.41) is 3.56. The van der Waals surface area contributed by atoms with Gasteiger partial charge in [0.15, 0.2) is 11.6 Å². The smallest absolute Gasteiger partial charge is 0.229 e. The van der Waals surface area contributed by atoms with Gasteiger partial charge in [-0.1, -0.05) is 17.7 Å². The monoisotopic (exact) mass is 482 g/mol. The van der Waals surface area contributed by atoms with Crippen molar-refractivity contribution in [2.45, 2.75) is 19.6 Å². The van der Waals surface area contributed by atoms with Gasteiger partial charge in [0.25, 0.3) is 0 Å². The van der Waals surface area contributed by atoms with E-state index < -0.39 is 12.5 Å². The van der Waals surface area contributed by atoms with Gasteiger partial charge in [0.2, 0.25) is 5.95 Å². The molecular weight excluding hydrogens is 462 g/mol. The van der Waals surface area contributed by atoms with Gasteiger partial charge in [-0.3, -0.25) is 0 Å². The molecule has 0 aliphatic carbocycles. The zero-order valence-corrected chi connectivity index (χ0v) is 19.2. The lowest BCUT2D eigenvalue weighted by molar-refractivity contribution is 0.265. The van der Waals surface area contributed by atoms with Crippen molar-refractivity contribution in [2.24, 2.45) is 0 Å². The summed E-state index contributed by atoms with van der Waals surface area (Å²) < 4.78 is 35.4. The molecule has 3 heterocycles. The Morgan fingerprint density at radius 1 is 1.21 bits per heavy atom. The number of rotatable bonds is 5. The SMILES string of the molecule is Cc1cn(-c2ccc(Nc3ncc4c(n3)N(C)C(c3cc(CF)ccc3Cl)CO4)cc2F)cn1. The van der Waals surface area contributed by atoms with Gasteiger partial charge in [0, 0.05) is 24.0 Å². The maximum absolute atomic E-state index is 14.7. The van der Waals surface area contributed by atoms with E-state index in [-0.39, 0.29) is 12.0 Å². The van der Waals surface area contributed by atoms with Gasteiger partial charge in [-0.25, -0.2) is 18.7 Å². The van der Waals surface area contributed by atoms with Crippen molar-refractivity contribution in [2.75, 3.05) is 23.9 Å². The number of likely N-dealkylation sites (N-methyl/N-ethyl adjacent to an activating group) is 1. The van der Waals surface area contributed by atoms with E-state index in [0.29, 0.717) is 40.1 Å². The van der Waals surface area contributed by atoms with E-state index in [0.717, 1.165) is 11.3 Å². The van der Waals surface area contributed by atoms with Crippen molar-refractivity contribution in [1.82, 2.24) is 19.5 Å². The first-order chi connectivity index (χ1) is 16.4. The third-order valence-corrected chi connectivity index (χ3v) is 6.05. The van der Waals surface area contributed by atoms with E-state index in [9.17, 15) is 8.78 Å². The molecule has 0 fully saturated rings. The second-order valence-corrected chi connectivity index (χ2v) is 8.43. The van der Waals surface area contributed by atoms with Crippen LogP contribution in [0.5, 0.6) is 5.75 Å². The van der Waals surface area contributed by atoms with E-state index in [2.05, 4.69) is 20.3 Å². The summed E-state index contributed by atoms with van der Waals surface area (Å²) in [5.74, 6) is 0.924. The fourth-order valence-corrected chi connectivity index (χ4v) is 4.15. The van der Waals surface area contributed by atoms with Gasteiger partial charge in [-0.05, 0) is 48.4 Å².